The highest BCUT2D eigenvalue weighted by Crippen LogP contribution is 2.38. The summed E-state index contributed by atoms with van der Waals surface area (Å²) in [6, 6.07) is 8.11. The normalized spacial score (nSPS) is 16.9. The Hall–Kier alpha value is -2.55. The number of nitrogens with zero attached hydrogens (tertiary/aromatic N) is 1. The lowest BCUT2D eigenvalue weighted by Gasteiger charge is -2.04. The predicted octanol–water partition coefficient (Wildman–Crippen LogP) is 3.23. The Balaban J connectivity index is 1.81. The SMILES string of the molecule is Nc1ccc(-c2csc3c(C#C[C@@H]4CCCN4)cnc(N)c23)cc1. The van der Waals surface area contributed by atoms with E-state index < -0.39 is 0 Å². The molecule has 3 aromatic rings. The molecule has 1 aromatic carbocycles. The number of thiophene rings is 1. The number of aromatic nitrogens is 1. The molecule has 4 nitrogen and oxygen atoms in total. The van der Waals surface area contributed by atoms with Crippen LogP contribution in [0.3, 0.4) is 0 Å². The number of rotatable bonds is 1. The van der Waals surface area contributed by atoms with Crippen molar-refractivity contribution >= 4 is 32.9 Å². The second kappa shape index (κ2) is 6.16. The minimum Gasteiger partial charge on any atom is -0.399 e. The molecule has 1 aliphatic heterocycles. The van der Waals surface area contributed by atoms with E-state index in [1.165, 1.54) is 6.42 Å². The van der Waals surface area contributed by atoms with E-state index in [0.29, 0.717) is 5.82 Å². The Kier molecular flexibility index (Phi) is 3.85. The summed E-state index contributed by atoms with van der Waals surface area (Å²) in [6.45, 7) is 1.05. The molecule has 0 amide bonds. The first kappa shape index (κ1) is 15.0. The van der Waals surface area contributed by atoms with E-state index in [2.05, 4.69) is 27.5 Å². The number of anilines is 2. The van der Waals surface area contributed by atoms with E-state index >= 15 is 0 Å². The van der Waals surface area contributed by atoms with Gasteiger partial charge in [-0.05, 0) is 42.5 Å². The second-order valence-electron chi connectivity index (χ2n) is 5.95. The number of fused-ring (bicyclic) bond motifs is 1. The lowest BCUT2D eigenvalue weighted by molar-refractivity contribution is 0.749. The van der Waals surface area contributed by atoms with Crippen molar-refractivity contribution in [2.45, 2.75) is 18.9 Å². The molecular formula is C19H18N4S. The highest BCUT2D eigenvalue weighted by molar-refractivity contribution is 7.18. The first-order valence-corrected chi connectivity index (χ1v) is 8.87. The van der Waals surface area contributed by atoms with Crippen molar-refractivity contribution in [3.05, 3.63) is 41.4 Å². The van der Waals surface area contributed by atoms with Crippen LogP contribution in [-0.2, 0) is 0 Å². The molecule has 0 radical (unpaired) electrons. The maximum atomic E-state index is 6.17. The van der Waals surface area contributed by atoms with Gasteiger partial charge in [-0.2, -0.15) is 0 Å². The Morgan fingerprint density at radius 3 is 2.79 bits per heavy atom. The fourth-order valence-electron chi connectivity index (χ4n) is 3.00. The lowest BCUT2D eigenvalue weighted by Crippen LogP contribution is -2.18. The summed E-state index contributed by atoms with van der Waals surface area (Å²) in [5, 5.41) is 6.50. The summed E-state index contributed by atoms with van der Waals surface area (Å²) in [5.41, 5.74) is 15.8. The van der Waals surface area contributed by atoms with Crippen LogP contribution in [0.4, 0.5) is 11.5 Å². The standard InChI is InChI=1S/C19H18N4S/c20-14-6-3-12(4-7-14)16-11-24-18-13(10-23-19(21)17(16)18)5-8-15-2-1-9-22-15/h3-4,6-7,10-11,15,22H,1-2,9,20H2,(H2,21,23)/t15-/m0/s1. The predicted molar refractivity (Wildman–Crippen MR) is 102 cm³/mol. The highest BCUT2D eigenvalue weighted by atomic mass is 32.1. The van der Waals surface area contributed by atoms with Gasteiger partial charge >= 0.3 is 0 Å². The van der Waals surface area contributed by atoms with Crippen LogP contribution in [0.5, 0.6) is 0 Å². The van der Waals surface area contributed by atoms with Crippen LogP contribution in [0.15, 0.2) is 35.8 Å². The molecule has 1 atom stereocenters. The fourth-order valence-corrected chi connectivity index (χ4v) is 4.06. The van der Waals surface area contributed by atoms with Crippen LogP contribution in [0, 0.1) is 11.8 Å². The molecule has 1 fully saturated rings. The smallest absolute Gasteiger partial charge is 0.132 e. The van der Waals surface area contributed by atoms with Gasteiger partial charge in [0.15, 0.2) is 0 Å². The number of benzene rings is 1. The van der Waals surface area contributed by atoms with Gasteiger partial charge in [0.25, 0.3) is 0 Å². The van der Waals surface area contributed by atoms with Gasteiger partial charge in [-0.3, -0.25) is 0 Å². The van der Waals surface area contributed by atoms with E-state index in [1.54, 1.807) is 17.5 Å². The molecule has 4 rings (SSSR count). The summed E-state index contributed by atoms with van der Waals surface area (Å²) in [4.78, 5) is 4.37. The maximum Gasteiger partial charge on any atom is 0.132 e. The van der Waals surface area contributed by atoms with E-state index in [0.717, 1.165) is 45.4 Å². The Labute approximate surface area is 144 Å². The fraction of sp³-hybridized carbons (Fsp3) is 0.211. The van der Waals surface area contributed by atoms with Gasteiger partial charge in [-0.25, -0.2) is 4.98 Å². The number of hydrogen-bond donors (Lipinski definition) is 3. The molecule has 24 heavy (non-hydrogen) atoms. The third-order valence-electron chi connectivity index (χ3n) is 4.29. The topological polar surface area (TPSA) is 77.0 Å². The Morgan fingerprint density at radius 1 is 1.21 bits per heavy atom. The number of nitrogen functional groups attached to an aromatic ring is 2. The van der Waals surface area contributed by atoms with Crippen molar-refractivity contribution in [1.82, 2.24) is 10.3 Å². The maximum absolute atomic E-state index is 6.17. The van der Waals surface area contributed by atoms with Gasteiger partial charge in [0, 0.05) is 22.8 Å². The average Bonchev–Trinajstić information content (AvgIpc) is 3.25. The molecule has 0 aliphatic carbocycles. The van der Waals surface area contributed by atoms with Crippen LogP contribution in [-0.4, -0.2) is 17.6 Å². The van der Waals surface area contributed by atoms with E-state index in [4.69, 9.17) is 11.5 Å². The van der Waals surface area contributed by atoms with Gasteiger partial charge in [0.1, 0.15) is 5.82 Å². The Bertz CT molecular complexity index is 941. The van der Waals surface area contributed by atoms with E-state index in [9.17, 15) is 0 Å². The van der Waals surface area contributed by atoms with Crippen LogP contribution in [0.2, 0.25) is 0 Å². The first-order chi connectivity index (χ1) is 11.7. The zero-order valence-corrected chi connectivity index (χ0v) is 14.0. The number of pyridine rings is 1. The van der Waals surface area contributed by atoms with Gasteiger partial charge < -0.3 is 16.8 Å². The van der Waals surface area contributed by atoms with Crippen molar-refractivity contribution in [2.24, 2.45) is 0 Å². The molecule has 5 heteroatoms. The van der Waals surface area contributed by atoms with Gasteiger partial charge in [0.2, 0.25) is 0 Å². The summed E-state index contributed by atoms with van der Waals surface area (Å²) in [7, 11) is 0. The summed E-state index contributed by atoms with van der Waals surface area (Å²) in [5.74, 6) is 7.15. The molecule has 0 bridgehead atoms. The quantitative estimate of drug-likeness (QED) is 0.472. The molecule has 0 saturated carbocycles. The molecule has 3 heterocycles. The molecule has 0 unspecified atom stereocenters. The first-order valence-electron chi connectivity index (χ1n) is 7.99. The molecule has 120 valence electrons. The minimum absolute atomic E-state index is 0.286. The molecule has 1 aliphatic rings. The highest BCUT2D eigenvalue weighted by Gasteiger charge is 2.14. The van der Waals surface area contributed by atoms with Crippen molar-refractivity contribution < 1.29 is 0 Å². The number of hydrogen-bond acceptors (Lipinski definition) is 5. The molecule has 2 aromatic heterocycles. The zero-order valence-electron chi connectivity index (χ0n) is 13.2. The number of nitrogens with one attached hydrogen (secondary N) is 1. The summed E-state index contributed by atoms with van der Waals surface area (Å²) in [6.07, 6.45) is 4.08. The van der Waals surface area contributed by atoms with Crippen molar-refractivity contribution in [3.63, 3.8) is 0 Å². The zero-order chi connectivity index (χ0) is 16.5. The Morgan fingerprint density at radius 2 is 2.04 bits per heavy atom. The van der Waals surface area contributed by atoms with E-state index in [-0.39, 0.29) is 6.04 Å². The van der Waals surface area contributed by atoms with Gasteiger partial charge in [-0.15, -0.1) is 11.3 Å². The second-order valence-corrected chi connectivity index (χ2v) is 6.83. The van der Waals surface area contributed by atoms with Crippen LogP contribution < -0.4 is 16.8 Å². The lowest BCUT2D eigenvalue weighted by atomic mass is 10.0. The molecular weight excluding hydrogens is 316 g/mol. The monoisotopic (exact) mass is 334 g/mol. The van der Waals surface area contributed by atoms with Crippen LogP contribution in [0.1, 0.15) is 18.4 Å². The van der Waals surface area contributed by atoms with Crippen LogP contribution >= 0.6 is 11.3 Å². The number of nitrogens with two attached hydrogens (primary N) is 2. The average molecular weight is 334 g/mol. The largest absolute Gasteiger partial charge is 0.399 e. The minimum atomic E-state index is 0.286. The van der Waals surface area contributed by atoms with Crippen molar-refractivity contribution in [2.75, 3.05) is 18.0 Å². The summed E-state index contributed by atoms with van der Waals surface area (Å²) < 4.78 is 1.10. The molecule has 1 saturated heterocycles. The van der Waals surface area contributed by atoms with Crippen LogP contribution in [0.25, 0.3) is 21.2 Å². The third kappa shape index (κ3) is 2.71. The van der Waals surface area contributed by atoms with Gasteiger partial charge in [-0.1, -0.05) is 24.0 Å². The molecule has 5 N–H and O–H groups in total. The van der Waals surface area contributed by atoms with E-state index in [1.807, 2.05) is 24.3 Å². The van der Waals surface area contributed by atoms with Gasteiger partial charge in [0.05, 0.1) is 16.3 Å². The molecule has 0 spiro atoms. The summed E-state index contributed by atoms with van der Waals surface area (Å²) >= 11 is 1.66. The van der Waals surface area contributed by atoms with Crippen molar-refractivity contribution in [1.29, 1.82) is 0 Å². The van der Waals surface area contributed by atoms with Crippen molar-refractivity contribution in [3.8, 4) is 23.0 Å². The third-order valence-corrected chi connectivity index (χ3v) is 5.30.